The Bertz CT molecular complexity index is 623. The molecule has 0 heterocycles. The van der Waals surface area contributed by atoms with Gasteiger partial charge in [-0.15, -0.1) is 0 Å². The number of halogens is 4. The topological polar surface area (TPSA) is 12.0 Å². The highest BCUT2D eigenvalue weighted by atomic mass is 79.9. The number of hydrogen-bond acceptors (Lipinski definition) is 1. The monoisotopic (exact) mass is 357 g/mol. The molecule has 0 unspecified atom stereocenters. The zero-order chi connectivity index (χ0) is 15.5. The van der Waals surface area contributed by atoms with E-state index in [0.29, 0.717) is 17.4 Å². The summed E-state index contributed by atoms with van der Waals surface area (Å²) in [4.78, 5) is 0. The predicted octanol–water partition coefficient (Wildman–Crippen LogP) is 5.43. The average Bonchev–Trinajstić information content (AvgIpc) is 2.39. The minimum absolute atomic E-state index is 0.110. The lowest BCUT2D eigenvalue weighted by molar-refractivity contribution is -0.137. The van der Waals surface area contributed by atoms with E-state index in [1.807, 2.05) is 31.2 Å². The summed E-state index contributed by atoms with van der Waals surface area (Å²) in [5.74, 6) is 0. The van der Waals surface area contributed by atoms with Crippen LogP contribution in [0.25, 0.3) is 0 Å². The van der Waals surface area contributed by atoms with Gasteiger partial charge < -0.3 is 5.32 Å². The first-order valence-electron chi connectivity index (χ1n) is 6.52. The highest BCUT2D eigenvalue weighted by Gasteiger charge is 2.33. The molecule has 0 fully saturated rings. The zero-order valence-corrected chi connectivity index (χ0v) is 13.1. The molecule has 5 heteroatoms. The second-order valence-corrected chi connectivity index (χ2v) is 5.77. The Morgan fingerprint density at radius 1 is 1.10 bits per heavy atom. The summed E-state index contributed by atoms with van der Waals surface area (Å²) >= 11 is 3.07. The van der Waals surface area contributed by atoms with Crippen LogP contribution in [0.15, 0.2) is 46.9 Å². The smallest absolute Gasteiger partial charge is 0.384 e. The van der Waals surface area contributed by atoms with Gasteiger partial charge in [0.15, 0.2) is 0 Å². The van der Waals surface area contributed by atoms with Gasteiger partial charge in [-0.2, -0.15) is 13.2 Å². The summed E-state index contributed by atoms with van der Waals surface area (Å²) in [7, 11) is 0. The van der Waals surface area contributed by atoms with Gasteiger partial charge in [-0.25, -0.2) is 0 Å². The Kier molecular flexibility index (Phi) is 4.93. The molecule has 0 saturated carbocycles. The molecule has 0 atom stereocenters. The summed E-state index contributed by atoms with van der Waals surface area (Å²) in [5.41, 5.74) is 1.71. The second-order valence-electron chi connectivity index (χ2n) is 4.85. The maximum Gasteiger partial charge on any atom is 0.418 e. The molecule has 0 aliphatic heterocycles. The van der Waals surface area contributed by atoms with Crippen molar-refractivity contribution in [2.45, 2.75) is 19.5 Å². The van der Waals surface area contributed by atoms with Crippen LogP contribution in [-0.4, -0.2) is 6.54 Å². The van der Waals surface area contributed by atoms with Crippen molar-refractivity contribution in [1.82, 2.24) is 0 Å². The zero-order valence-electron chi connectivity index (χ0n) is 11.5. The van der Waals surface area contributed by atoms with Gasteiger partial charge in [-0.3, -0.25) is 0 Å². The van der Waals surface area contributed by atoms with Crippen molar-refractivity contribution in [3.63, 3.8) is 0 Å². The first-order chi connectivity index (χ1) is 9.86. The summed E-state index contributed by atoms with van der Waals surface area (Å²) in [6.07, 6.45) is -3.69. The van der Waals surface area contributed by atoms with Crippen molar-refractivity contribution in [3.05, 3.63) is 63.6 Å². The third-order valence-corrected chi connectivity index (χ3v) is 3.59. The molecule has 2 aromatic carbocycles. The lowest BCUT2D eigenvalue weighted by atomic mass is 10.1. The molecule has 0 radical (unpaired) electrons. The molecule has 2 aromatic rings. The van der Waals surface area contributed by atoms with Crippen LogP contribution in [0.3, 0.4) is 0 Å². The predicted molar refractivity (Wildman–Crippen MR) is 82.5 cm³/mol. The number of nitrogens with one attached hydrogen (secondary N) is 1. The molecule has 0 aromatic heterocycles. The fraction of sp³-hybridized carbons (Fsp3) is 0.250. The lowest BCUT2D eigenvalue weighted by Crippen LogP contribution is -2.12. The van der Waals surface area contributed by atoms with Crippen molar-refractivity contribution >= 4 is 21.6 Å². The SMILES string of the molecule is Cc1cccc(CCNc2ccc(Br)cc2C(F)(F)F)c1. The van der Waals surface area contributed by atoms with Crippen LogP contribution in [0.2, 0.25) is 0 Å². The normalized spacial score (nSPS) is 11.5. The van der Waals surface area contributed by atoms with Gasteiger partial charge in [0.1, 0.15) is 0 Å². The van der Waals surface area contributed by atoms with Gasteiger partial charge in [0.2, 0.25) is 0 Å². The third kappa shape index (κ3) is 4.49. The van der Waals surface area contributed by atoms with E-state index in [2.05, 4.69) is 21.2 Å². The fourth-order valence-corrected chi connectivity index (χ4v) is 2.48. The Hall–Kier alpha value is -1.49. The van der Waals surface area contributed by atoms with E-state index >= 15 is 0 Å². The summed E-state index contributed by atoms with van der Waals surface area (Å²) in [6.45, 7) is 2.45. The summed E-state index contributed by atoms with van der Waals surface area (Å²) in [5, 5.41) is 2.87. The van der Waals surface area contributed by atoms with Crippen LogP contribution in [0.1, 0.15) is 16.7 Å². The van der Waals surface area contributed by atoms with Crippen LogP contribution < -0.4 is 5.32 Å². The van der Waals surface area contributed by atoms with Crippen LogP contribution >= 0.6 is 15.9 Å². The number of benzene rings is 2. The minimum atomic E-state index is -4.37. The second kappa shape index (κ2) is 6.52. The molecular formula is C16H15BrF3N. The van der Waals surface area contributed by atoms with Crippen LogP contribution in [0.4, 0.5) is 18.9 Å². The molecule has 0 aliphatic rings. The Morgan fingerprint density at radius 2 is 1.86 bits per heavy atom. The molecule has 21 heavy (non-hydrogen) atoms. The van der Waals surface area contributed by atoms with Gasteiger partial charge in [0, 0.05) is 16.7 Å². The third-order valence-electron chi connectivity index (χ3n) is 3.10. The van der Waals surface area contributed by atoms with Crippen LogP contribution in [0, 0.1) is 6.92 Å². The van der Waals surface area contributed by atoms with E-state index in [1.54, 1.807) is 6.07 Å². The Balaban J connectivity index is 2.07. The fourth-order valence-electron chi connectivity index (χ4n) is 2.11. The first-order valence-corrected chi connectivity index (χ1v) is 7.32. The van der Waals surface area contributed by atoms with Crippen LogP contribution in [0.5, 0.6) is 0 Å². The van der Waals surface area contributed by atoms with Crippen molar-refractivity contribution in [3.8, 4) is 0 Å². The first kappa shape index (κ1) is 15.9. The standard InChI is InChI=1S/C16H15BrF3N/c1-11-3-2-4-12(9-11)7-8-21-15-6-5-13(17)10-14(15)16(18,19)20/h2-6,9-10,21H,7-8H2,1H3. The largest absolute Gasteiger partial charge is 0.418 e. The Morgan fingerprint density at radius 3 is 2.52 bits per heavy atom. The van der Waals surface area contributed by atoms with E-state index in [4.69, 9.17) is 0 Å². The van der Waals surface area contributed by atoms with E-state index in [1.165, 1.54) is 6.07 Å². The molecule has 1 nitrogen and oxygen atoms in total. The van der Waals surface area contributed by atoms with Gasteiger partial charge in [0.25, 0.3) is 0 Å². The van der Waals surface area contributed by atoms with E-state index < -0.39 is 11.7 Å². The minimum Gasteiger partial charge on any atom is -0.384 e. The van der Waals surface area contributed by atoms with Crippen molar-refractivity contribution in [2.24, 2.45) is 0 Å². The molecule has 1 N–H and O–H groups in total. The van der Waals surface area contributed by atoms with E-state index in [-0.39, 0.29) is 5.69 Å². The molecule has 0 aliphatic carbocycles. The maximum absolute atomic E-state index is 13.0. The van der Waals surface area contributed by atoms with Gasteiger partial charge in [0.05, 0.1) is 5.56 Å². The molecule has 0 spiro atoms. The number of alkyl halides is 3. The average molecular weight is 358 g/mol. The summed E-state index contributed by atoms with van der Waals surface area (Å²) < 4.78 is 39.3. The molecule has 112 valence electrons. The quantitative estimate of drug-likeness (QED) is 0.768. The number of anilines is 1. The maximum atomic E-state index is 13.0. The van der Waals surface area contributed by atoms with E-state index in [9.17, 15) is 13.2 Å². The van der Waals surface area contributed by atoms with Gasteiger partial charge >= 0.3 is 6.18 Å². The van der Waals surface area contributed by atoms with Crippen LogP contribution in [-0.2, 0) is 12.6 Å². The van der Waals surface area contributed by atoms with Gasteiger partial charge in [-0.05, 0) is 37.1 Å². The molecular weight excluding hydrogens is 343 g/mol. The van der Waals surface area contributed by atoms with Crippen molar-refractivity contribution < 1.29 is 13.2 Å². The van der Waals surface area contributed by atoms with Crippen molar-refractivity contribution in [2.75, 3.05) is 11.9 Å². The number of aryl methyl sites for hydroxylation is 1. The molecule has 2 rings (SSSR count). The Labute approximate surface area is 130 Å². The molecule has 0 saturated heterocycles. The highest BCUT2D eigenvalue weighted by Crippen LogP contribution is 2.36. The lowest BCUT2D eigenvalue weighted by Gasteiger charge is -2.15. The highest BCUT2D eigenvalue weighted by molar-refractivity contribution is 9.10. The number of hydrogen-bond donors (Lipinski definition) is 1. The summed E-state index contributed by atoms with van der Waals surface area (Å²) in [6, 6.07) is 12.1. The molecule has 0 bridgehead atoms. The van der Waals surface area contributed by atoms with Gasteiger partial charge in [-0.1, -0.05) is 45.8 Å². The molecule has 0 amide bonds. The number of rotatable bonds is 4. The van der Waals surface area contributed by atoms with Crippen molar-refractivity contribution in [1.29, 1.82) is 0 Å². The van der Waals surface area contributed by atoms with E-state index in [0.717, 1.165) is 17.2 Å².